The Labute approximate surface area is 294 Å². The number of H-pyrrole nitrogens is 2. The molecule has 48 heavy (non-hydrogen) atoms. The molecular formula is C30H16BBrCl4F8N2O2. The van der Waals surface area contributed by atoms with Gasteiger partial charge in [0.1, 0.15) is 23.0 Å². The minimum absolute atomic E-state index is 0.0139. The van der Waals surface area contributed by atoms with Gasteiger partial charge in [0.2, 0.25) is 0 Å². The summed E-state index contributed by atoms with van der Waals surface area (Å²) in [6.45, 7) is 0. The first-order valence-electron chi connectivity index (χ1n) is 13.0. The van der Waals surface area contributed by atoms with Crippen LogP contribution in [0, 0.1) is 11.6 Å². The normalized spacial score (nSPS) is 11.6. The lowest BCUT2D eigenvalue weighted by Crippen LogP contribution is -2.30. The smallest absolute Gasteiger partial charge is 0.423 e. The zero-order valence-electron chi connectivity index (χ0n) is 23.3. The lowest BCUT2D eigenvalue weighted by molar-refractivity contribution is -0.141. The van der Waals surface area contributed by atoms with E-state index in [1.54, 1.807) is 6.07 Å². The number of rotatable bonds is 2. The van der Waals surface area contributed by atoms with Crippen LogP contribution in [0.1, 0.15) is 11.4 Å². The minimum atomic E-state index is -4.47. The fraction of sp³-hybridized carbons (Fsp3) is 0.0667. The Morgan fingerprint density at radius 1 is 0.562 bits per heavy atom. The van der Waals surface area contributed by atoms with Crippen molar-refractivity contribution >= 4 is 96.7 Å². The maximum absolute atomic E-state index is 13.1. The van der Waals surface area contributed by atoms with Gasteiger partial charge in [0.25, 0.3) is 0 Å². The van der Waals surface area contributed by atoms with Crippen LogP contribution >= 0.6 is 62.3 Å². The van der Waals surface area contributed by atoms with Gasteiger partial charge in [0.15, 0.2) is 0 Å². The van der Waals surface area contributed by atoms with Gasteiger partial charge in [0, 0.05) is 47.9 Å². The molecule has 0 aliphatic heterocycles. The largest absolute Gasteiger partial charge is 0.489 e. The second kappa shape index (κ2) is 14.9. The Hall–Kier alpha value is -2.98. The molecule has 0 aliphatic carbocycles. The van der Waals surface area contributed by atoms with E-state index >= 15 is 0 Å². The number of fused-ring (bicyclic) bond motifs is 2. The van der Waals surface area contributed by atoms with Crippen LogP contribution in [0.2, 0.25) is 20.1 Å². The van der Waals surface area contributed by atoms with E-state index in [0.717, 1.165) is 30.3 Å². The number of halogens is 13. The average molecular weight is 821 g/mol. The van der Waals surface area contributed by atoms with E-state index in [-0.39, 0.29) is 26.0 Å². The van der Waals surface area contributed by atoms with Crippen molar-refractivity contribution in [3.8, 4) is 11.1 Å². The van der Waals surface area contributed by atoms with Crippen LogP contribution < -0.4 is 5.46 Å². The fourth-order valence-corrected chi connectivity index (χ4v) is 5.54. The highest BCUT2D eigenvalue weighted by atomic mass is 79.9. The minimum Gasteiger partial charge on any atom is -0.423 e. The Bertz CT molecular complexity index is 2060. The number of benzene rings is 4. The van der Waals surface area contributed by atoms with Crippen LogP contribution in [0.3, 0.4) is 0 Å². The van der Waals surface area contributed by atoms with Crippen molar-refractivity contribution in [2.75, 3.05) is 0 Å². The molecular weight excluding hydrogens is 805 g/mol. The van der Waals surface area contributed by atoms with Gasteiger partial charge >= 0.3 is 19.5 Å². The summed E-state index contributed by atoms with van der Waals surface area (Å²) in [5.41, 5.74) is -0.00731. The average Bonchev–Trinajstić information content (AvgIpc) is 3.58. The van der Waals surface area contributed by atoms with Crippen LogP contribution in [-0.4, -0.2) is 27.1 Å². The summed E-state index contributed by atoms with van der Waals surface area (Å²) in [6, 6.07) is 15.0. The third kappa shape index (κ3) is 9.17. The van der Waals surface area contributed by atoms with Crippen molar-refractivity contribution < 1.29 is 45.2 Å². The zero-order valence-corrected chi connectivity index (χ0v) is 27.9. The number of nitrogens with one attached hydrogen (secondary N) is 2. The van der Waals surface area contributed by atoms with Crippen molar-refractivity contribution in [3.63, 3.8) is 0 Å². The molecule has 6 rings (SSSR count). The number of aromatic nitrogens is 2. The summed E-state index contributed by atoms with van der Waals surface area (Å²) in [5, 5.41) is 18.8. The van der Waals surface area contributed by atoms with E-state index < -0.39 is 42.5 Å². The lowest BCUT2D eigenvalue weighted by atomic mass is 9.80. The molecule has 0 aliphatic rings. The van der Waals surface area contributed by atoms with Gasteiger partial charge in [-0.25, -0.2) is 8.78 Å². The molecule has 0 saturated carbocycles. The molecule has 0 bridgehead atoms. The molecule has 0 unspecified atom stereocenters. The van der Waals surface area contributed by atoms with Crippen molar-refractivity contribution in [2.24, 2.45) is 0 Å². The molecule has 4 nitrogen and oxygen atoms in total. The van der Waals surface area contributed by atoms with E-state index in [4.69, 9.17) is 56.5 Å². The highest BCUT2D eigenvalue weighted by Gasteiger charge is 2.33. The molecule has 0 fully saturated rings. The van der Waals surface area contributed by atoms with E-state index in [1.165, 1.54) is 36.4 Å². The molecule has 0 amide bonds. The summed E-state index contributed by atoms with van der Waals surface area (Å²) in [5.74, 6) is -1.01. The number of hydrogen-bond donors (Lipinski definition) is 4. The quantitative estimate of drug-likeness (QED) is 0.104. The van der Waals surface area contributed by atoms with Crippen LogP contribution in [-0.2, 0) is 12.4 Å². The molecule has 0 atom stereocenters. The first-order chi connectivity index (χ1) is 22.2. The van der Waals surface area contributed by atoms with Crippen LogP contribution in [0.25, 0.3) is 32.9 Å². The summed E-state index contributed by atoms with van der Waals surface area (Å²) in [7, 11) is -1.65. The van der Waals surface area contributed by atoms with Gasteiger partial charge < -0.3 is 20.0 Å². The molecule has 18 heteroatoms. The van der Waals surface area contributed by atoms with Gasteiger partial charge in [-0.15, -0.1) is 0 Å². The third-order valence-corrected chi connectivity index (χ3v) is 8.59. The molecule has 4 N–H and O–H groups in total. The van der Waals surface area contributed by atoms with Crippen molar-refractivity contribution in [2.45, 2.75) is 12.4 Å². The second-order valence-corrected chi connectivity index (χ2v) is 12.3. The summed E-state index contributed by atoms with van der Waals surface area (Å²) >= 11 is 26.5. The van der Waals surface area contributed by atoms with Gasteiger partial charge in [-0.1, -0.05) is 52.5 Å². The van der Waals surface area contributed by atoms with Crippen molar-refractivity contribution in [1.82, 2.24) is 9.97 Å². The summed E-state index contributed by atoms with van der Waals surface area (Å²) < 4.78 is 101. The first-order valence-corrected chi connectivity index (χ1v) is 15.3. The van der Waals surface area contributed by atoms with Crippen LogP contribution in [0.15, 0.2) is 77.3 Å². The molecule has 0 spiro atoms. The Morgan fingerprint density at radius 2 is 1.02 bits per heavy atom. The third-order valence-electron chi connectivity index (χ3n) is 6.44. The zero-order chi connectivity index (χ0) is 35.7. The summed E-state index contributed by atoms with van der Waals surface area (Å²) in [4.78, 5) is 4.55. The lowest BCUT2D eigenvalue weighted by Gasteiger charge is -2.07. The van der Waals surface area contributed by atoms with E-state index in [0.29, 0.717) is 36.9 Å². The molecule has 2 heterocycles. The number of hydrogen-bond acceptors (Lipinski definition) is 2. The molecule has 4 aromatic carbocycles. The topological polar surface area (TPSA) is 72.0 Å². The fourth-order valence-electron chi connectivity index (χ4n) is 4.21. The monoisotopic (exact) mass is 818 g/mol. The Kier molecular flexibility index (Phi) is 11.7. The van der Waals surface area contributed by atoms with Gasteiger partial charge in [-0.2, -0.15) is 26.3 Å². The molecule has 6 aromatic rings. The van der Waals surface area contributed by atoms with E-state index in [2.05, 4.69) is 25.9 Å². The number of aromatic amines is 2. The standard InChI is InChI=1S/C15H7Cl2F4N.C9H4BrClF3N.C6H5BClFO2/c16-11-5-8(18)1-2-9(11)10-3-7-4-14(15(19,20)21)22-13(7)6-12(10)17;10-5-1-4-2-8(9(12,13)14)15-7(4)3-6(5)11;8-6-3-4(9)1-2-5(6)7(10)11/h1-6,22H;1-3,15H;1-3,10-11H. The highest BCUT2D eigenvalue weighted by Crippen LogP contribution is 2.39. The first kappa shape index (κ1) is 37.8. The van der Waals surface area contributed by atoms with Crippen molar-refractivity contribution in [1.29, 1.82) is 0 Å². The van der Waals surface area contributed by atoms with E-state index in [9.17, 15) is 35.1 Å². The predicted octanol–water partition coefficient (Wildman–Crippen LogP) is 11.1. The van der Waals surface area contributed by atoms with Gasteiger partial charge in [-0.05, 0) is 82.7 Å². The molecule has 2 aromatic heterocycles. The maximum Gasteiger partial charge on any atom is 0.489 e. The molecule has 0 radical (unpaired) electrons. The van der Waals surface area contributed by atoms with Gasteiger partial charge in [-0.3, -0.25) is 0 Å². The maximum atomic E-state index is 13.1. The predicted molar refractivity (Wildman–Crippen MR) is 176 cm³/mol. The highest BCUT2D eigenvalue weighted by molar-refractivity contribution is 9.10. The number of alkyl halides is 6. The Balaban J connectivity index is 0.000000174. The molecule has 252 valence electrons. The SMILES string of the molecule is FC(F)(F)c1cc2cc(Br)c(Cl)cc2[nH]1.Fc1ccc(-c2cc3cc(C(F)(F)F)[nH]c3cc2Cl)c(Cl)c1.OB(O)c1ccc(F)cc1Cl. The second-order valence-electron chi connectivity index (χ2n) is 9.80. The summed E-state index contributed by atoms with van der Waals surface area (Å²) in [6.07, 6.45) is -8.84. The van der Waals surface area contributed by atoms with Gasteiger partial charge in [0.05, 0.1) is 15.1 Å². The van der Waals surface area contributed by atoms with Crippen LogP contribution in [0.5, 0.6) is 0 Å². The Morgan fingerprint density at radius 3 is 1.50 bits per heavy atom. The van der Waals surface area contributed by atoms with Crippen molar-refractivity contribution in [3.05, 3.63) is 120 Å². The van der Waals surface area contributed by atoms with Crippen LogP contribution in [0.4, 0.5) is 35.1 Å². The molecule has 0 saturated heterocycles. The van der Waals surface area contributed by atoms with E-state index in [1.807, 2.05) is 0 Å².